The molecule has 1 aliphatic rings. The summed E-state index contributed by atoms with van der Waals surface area (Å²) in [4.78, 5) is 11.0. The lowest BCUT2D eigenvalue weighted by molar-refractivity contribution is -0.140. The molecule has 0 spiro atoms. The Morgan fingerprint density at radius 2 is 2.41 bits per heavy atom. The minimum atomic E-state index is -0.794. The molecule has 6 heteroatoms. The third-order valence-electron chi connectivity index (χ3n) is 3.17. The summed E-state index contributed by atoms with van der Waals surface area (Å²) < 4.78 is 6.93. The topological polar surface area (TPSA) is 76.4 Å². The van der Waals surface area contributed by atoms with Crippen molar-refractivity contribution in [1.29, 1.82) is 0 Å². The Bertz CT molecular complexity index is 416. The first-order chi connectivity index (χ1) is 8.13. The van der Waals surface area contributed by atoms with Crippen molar-refractivity contribution in [2.45, 2.75) is 31.3 Å². The molecule has 1 aromatic rings. The van der Waals surface area contributed by atoms with Crippen molar-refractivity contribution in [2.75, 3.05) is 7.11 Å². The van der Waals surface area contributed by atoms with Crippen LogP contribution in [-0.2, 0) is 11.8 Å². The third kappa shape index (κ3) is 2.26. The van der Waals surface area contributed by atoms with E-state index in [9.17, 15) is 4.79 Å². The predicted molar refractivity (Wildman–Crippen MR) is 60.9 cm³/mol. The zero-order chi connectivity index (χ0) is 12.4. The molecule has 2 unspecified atom stereocenters. The first-order valence-electron chi connectivity index (χ1n) is 5.68. The molecule has 0 aliphatic carbocycles. The van der Waals surface area contributed by atoms with E-state index in [2.05, 4.69) is 10.4 Å². The Morgan fingerprint density at radius 1 is 1.65 bits per heavy atom. The maximum atomic E-state index is 11.0. The lowest BCUT2D eigenvalue weighted by Crippen LogP contribution is -2.42. The number of piperidine rings is 1. The van der Waals surface area contributed by atoms with Crippen LogP contribution in [0.25, 0.3) is 0 Å². The highest BCUT2D eigenvalue weighted by atomic mass is 16.5. The van der Waals surface area contributed by atoms with E-state index in [1.54, 1.807) is 25.0 Å². The van der Waals surface area contributed by atoms with E-state index < -0.39 is 12.0 Å². The van der Waals surface area contributed by atoms with Gasteiger partial charge in [0.1, 0.15) is 6.04 Å². The van der Waals surface area contributed by atoms with Gasteiger partial charge in [-0.05, 0) is 19.3 Å². The molecule has 1 aromatic heterocycles. The fourth-order valence-electron chi connectivity index (χ4n) is 2.31. The van der Waals surface area contributed by atoms with E-state index in [4.69, 9.17) is 9.84 Å². The molecule has 6 nitrogen and oxygen atoms in total. The van der Waals surface area contributed by atoms with Crippen LogP contribution in [-0.4, -0.2) is 34.0 Å². The van der Waals surface area contributed by atoms with Crippen LogP contribution in [0.15, 0.2) is 6.20 Å². The fraction of sp³-hybridized carbons (Fsp3) is 0.636. The number of nitrogens with zero attached hydrogens (tertiary/aromatic N) is 2. The molecule has 2 N–H and O–H groups in total. The largest absolute Gasteiger partial charge is 0.481 e. The molecule has 17 heavy (non-hydrogen) atoms. The van der Waals surface area contributed by atoms with E-state index in [1.807, 2.05) is 0 Å². The fourth-order valence-corrected chi connectivity index (χ4v) is 2.31. The number of methoxy groups -OCH3 is 1. The van der Waals surface area contributed by atoms with Gasteiger partial charge in [-0.15, -0.1) is 0 Å². The number of carbonyl (C=O) groups is 1. The smallest absolute Gasteiger partial charge is 0.320 e. The number of carboxylic acid groups (broad SMARTS) is 1. The summed E-state index contributed by atoms with van der Waals surface area (Å²) in [5.74, 6) is -0.105. The van der Waals surface area contributed by atoms with E-state index in [0.29, 0.717) is 12.3 Å². The van der Waals surface area contributed by atoms with Gasteiger partial charge in [-0.1, -0.05) is 0 Å². The summed E-state index contributed by atoms with van der Waals surface area (Å²) in [5, 5.41) is 16.3. The minimum Gasteiger partial charge on any atom is -0.481 e. The minimum absolute atomic E-state index is 0.00787. The molecular weight excluding hydrogens is 222 g/mol. The second-order valence-corrected chi connectivity index (χ2v) is 4.27. The van der Waals surface area contributed by atoms with E-state index in [1.165, 1.54) is 0 Å². The SMILES string of the molecule is COc1c(C2CCCC(C(=O)O)N2)cnn1C. The van der Waals surface area contributed by atoms with Crippen LogP contribution >= 0.6 is 0 Å². The zero-order valence-corrected chi connectivity index (χ0v) is 10.0. The predicted octanol–water partition coefficient (Wildman–Crippen LogP) is 0.696. The Balaban J connectivity index is 2.18. The van der Waals surface area contributed by atoms with Crippen LogP contribution in [0.5, 0.6) is 5.88 Å². The van der Waals surface area contributed by atoms with Gasteiger partial charge in [0.15, 0.2) is 0 Å². The first-order valence-corrected chi connectivity index (χ1v) is 5.68. The van der Waals surface area contributed by atoms with Crippen LogP contribution in [0.3, 0.4) is 0 Å². The molecule has 1 aliphatic heterocycles. The molecule has 0 bridgehead atoms. The number of aliphatic carboxylic acids is 1. The molecule has 2 heterocycles. The zero-order valence-electron chi connectivity index (χ0n) is 10.0. The van der Waals surface area contributed by atoms with Crippen molar-refractivity contribution in [3.63, 3.8) is 0 Å². The lowest BCUT2D eigenvalue weighted by Gasteiger charge is -2.28. The van der Waals surface area contributed by atoms with Gasteiger partial charge in [-0.3, -0.25) is 10.1 Å². The second-order valence-electron chi connectivity index (χ2n) is 4.27. The highest BCUT2D eigenvalue weighted by Gasteiger charge is 2.29. The number of ether oxygens (including phenoxy) is 1. The van der Waals surface area contributed by atoms with Crippen molar-refractivity contribution in [3.05, 3.63) is 11.8 Å². The summed E-state index contributed by atoms with van der Waals surface area (Å²) >= 11 is 0. The summed E-state index contributed by atoms with van der Waals surface area (Å²) in [6.45, 7) is 0. The van der Waals surface area contributed by atoms with Crippen LogP contribution in [0.4, 0.5) is 0 Å². The Kier molecular flexibility index (Phi) is 3.33. The van der Waals surface area contributed by atoms with Crippen molar-refractivity contribution in [2.24, 2.45) is 7.05 Å². The average molecular weight is 239 g/mol. The van der Waals surface area contributed by atoms with Crippen molar-refractivity contribution in [1.82, 2.24) is 15.1 Å². The number of hydrogen-bond acceptors (Lipinski definition) is 4. The van der Waals surface area contributed by atoms with Gasteiger partial charge in [-0.25, -0.2) is 4.68 Å². The maximum Gasteiger partial charge on any atom is 0.320 e. The number of carboxylic acids is 1. The summed E-state index contributed by atoms with van der Waals surface area (Å²) in [6.07, 6.45) is 4.22. The third-order valence-corrected chi connectivity index (χ3v) is 3.17. The second kappa shape index (κ2) is 4.75. The van der Waals surface area contributed by atoms with Crippen LogP contribution in [0, 0.1) is 0 Å². The molecule has 2 atom stereocenters. The number of aromatic nitrogens is 2. The number of hydrogen-bond donors (Lipinski definition) is 2. The molecule has 0 saturated carbocycles. The quantitative estimate of drug-likeness (QED) is 0.811. The monoisotopic (exact) mass is 239 g/mol. The lowest BCUT2D eigenvalue weighted by atomic mass is 9.95. The number of rotatable bonds is 3. The van der Waals surface area contributed by atoms with Crippen LogP contribution in [0.2, 0.25) is 0 Å². The van der Waals surface area contributed by atoms with Crippen LogP contribution < -0.4 is 10.1 Å². The Hall–Kier alpha value is -1.56. The molecular formula is C11H17N3O3. The van der Waals surface area contributed by atoms with Crippen molar-refractivity contribution >= 4 is 5.97 Å². The van der Waals surface area contributed by atoms with Gasteiger partial charge < -0.3 is 9.84 Å². The van der Waals surface area contributed by atoms with Gasteiger partial charge in [-0.2, -0.15) is 5.10 Å². The summed E-state index contributed by atoms with van der Waals surface area (Å²) in [5.41, 5.74) is 0.931. The number of nitrogens with one attached hydrogen (secondary N) is 1. The van der Waals surface area contributed by atoms with E-state index in [-0.39, 0.29) is 6.04 Å². The van der Waals surface area contributed by atoms with Crippen LogP contribution in [0.1, 0.15) is 30.9 Å². The maximum absolute atomic E-state index is 11.0. The normalized spacial score (nSPS) is 24.6. The molecule has 1 saturated heterocycles. The molecule has 0 amide bonds. The Morgan fingerprint density at radius 3 is 3.06 bits per heavy atom. The average Bonchev–Trinajstić information content (AvgIpc) is 2.70. The number of aryl methyl sites for hydroxylation is 1. The molecule has 94 valence electrons. The summed E-state index contributed by atoms with van der Waals surface area (Å²) in [7, 11) is 3.40. The van der Waals surface area contributed by atoms with Gasteiger partial charge in [0, 0.05) is 13.1 Å². The van der Waals surface area contributed by atoms with E-state index >= 15 is 0 Å². The van der Waals surface area contributed by atoms with Gasteiger partial charge >= 0.3 is 5.97 Å². The molecule has 0 aromatic carbocycles. The standard InChI is InChI=1S/C11H17N3O3/c1-14-10(17-2)7(6-12-14)8-4-3-5-9(13-8)11(15)16/h6,8-9,13H,3-5H2,1-2H3,(H,15,16). The van der Waals surface area contributed by atoms with Crippen molar-refractivity contribution in [3.8, 4) is 5.88 Å². The van der Waals surface area contributed by atoms with Gasteiger partial charge in [0.05, 0.1) is 18.9 Å². The highest BCUT2D eigenvalue weighted by Crippen LogP contribution is 2.31. The molecule has 1 fully saturated rings. The van der Waals surface area contributed by atoms with Gasteiger partial charge in [0.2, 0.25) is 5.88 Å². The highest BCUT2D eigenvalue weighted by molar-refractivity contribution is 5.73. The first kappa shape index (κ1) is 11.9. The van der Waals surface area contributed by atoms with Crippen molar-refractivity contribution < 1.29 is 14.6 Å². The summed E-state index contributed by atoms with van der Waals surface area (Å²) in [6, 6.07) is -0.466. The molecule has 0 radical (unpaired) electrons. The molecule has 2 rings (SSSR count). The van der Waals surface area contributed by atoms with E-state index in [0.717, 1.165) is 18.4 Å². The van der Waals surface area contributed by atoms with Gasteiger partial charge in [0.25, 0.3) is 0 Å². The Labute approximate surface area is 99.6 Å².